The summed E-state index contributed by atoms with van der Waals surface area (Å²) in [6.07, 6.45) is 2.17. The third-order valence-corrected chi connectivity index (χ3v) is 5.93. The second kappa shape index (κ2) is 7.15. The summed E-state index contributed by atoms with van der Waals surface area (Å²) in [5.74, 6) is 1.43. The van der Waals surface area contributed by atoms with E-state index in [-0.39, 0.29) is 5.41 Å². The number of para-hydroxylation sites is 1. The maximum atomic E-state index is 5.52. The van der Waals surface area contributed by atoms with Crippen molar-refractivity contribution >= 4 is 28.1 Å². The molecule has 3 aromatic heterocycles. The average Bonchev–Trinajstić information content (AvgIpc) is 3.37. The van der Waals surface area contributed by atoms with E-state index in [1.165, 1.54) is 5.00 Å². The predicted molar refractivity (Wildman–Crippen MR) is 119 cm³/mol. The Bertz CT molecular complexity index is 1220. The number of benzene rings is 1. The molecular weight excluding hydrogens is 382 g/mol. The number of methoxy groups -OCH3 is 1. The highest BCUT2D eigenvalue weighted by molar-refractivity contribution is 7.16. The van der Waals surface area contributed by atoms with Crippen LogP contribution in [0.4, 0.5) is 5.00 Å². The molecule has 0 amide bonds. The van der Waals surface area contributed by atoms with E-state index in [1.54, 1.807) is 18.4 Å². The van der Waals surface area contributed by atoms with Gasteiger partial charge in [-0.2, -0.15) is 9.61 Å². The van der Waals surface area contributed by atoms with E-state index >= 15 is 0 Å². The standard InChI is InChI=1S/C22H25N5OS/c1-22(2,3)19-16(13-14-11-12-18(29-14)26(4)5)21-24-23-20(27(21)25-19)15-9-7-8-10-17(15)28-6/h7-13H,1-6H3. The molecule has 7 heteroatoms. The van der Waals surface area contributed by atoms with Crippen LogP contribution in [0.2, 0.25) is 0 Å². The van der Waals surface area contributed by atoms with E-state index in [0.717, 1.165) is 32.7 Å². The van der Waals surface area contributed by atoms with Crippen molar-refractivity contribution in [2.24, 2.45) is 0 Å². The summed E-state index contributed by atoms with van der Waals surface area (Å²) in [5, 5.41) is 16.1. The van der Waals surface area contributed by atoms with Gasteiger partial charge < -0.3 is 9.64 Å². The van der Waals surface area contributed by atoms with Crippen LogP contribution in [-0.2, 0) is 5.41 Å². The summed E-state index contributed by atoms with van der Waals surface area (Å²) in [6.45, 7) is 6.51. The monoisotopic (exact) mass is 407 g/mol. The average molecular weight is 408 g/mol. The summed E-state index contributed by atoms with van der Waals surface area (Å²) < 4.78 is 7.36. The van der Waals surface area contributed by atoms with Gasteiger partial charge in [0.2, 0.25) is 0 Å². The maximum Gasteiger partial charge on any atom is 0.189 e. The van der Waals surface area contributed by atoms with Gasteiger partial charge in [0.05, 0.1) is 23.4 Å². The number of ether oxygens (including phenoxy) is 1. The van der Waals surface area contributed by atoms with Gasteiger partial charge in [0, 0.05) is 29.6 Å². The molecule has 0 saturated carbocycles. The van der Waals surface area contributed by atoms with Crippen LogP contribution in [0.5, 0.6) is 5.75 Å². The zero-order chi connectivity index (χ0) is 20.8. The number of nitrogens with zero attached hydrogens (tertiary/aromatic N) is 5. The van der Waals surface area contributed by atoms with Gasteiger partial charge >= 0.3 is 0 Å². The minimum atomic E-state index is -0.133. The molecule has 6 nitrogen and oxygen atoms in total. The molecule has 0 bridgehead atoms. The SMILES string of the molecule is COc1ccccc1-c1nnc2c(=Cc3ccc(N(C)C)s3)c(C(C)(C)C)nn12. The fraction of sp³-hybridized carbons (Fsp3) is 0.318. The Labute approximate surface area is 174 Å². The normalized spacial score (nSPS) is 12.7. The molecule has 0 aliphatic carbocycles. The lowest BCUT2D eigenvalue weighted by Crippen LogP contribution is -2.22. The highest BCUT2D eigenvalue weighted by Gasteiger charge is 2.25. The van der Waals surface area contributed by atoms with Crippen LogP contribution in [-0.4, -0.2) is 41.0 Å². The molecule has 1 aromatic carbocycles. The Morgan fingerprint density at radius 1 is 1.07 bits per heavy atom. The molecular formula is C22H25N5OS. The first kappa shape index (κ1) is 19.4. The number of hydrogen-bond acceptors (Lipinski definition) is 6. The van der Waals surface area contributed by atoms with Gasteiger partial charge in [-0.05, 0) is 30.3 Å². The van der Waals surface area contributed by atoms with Crippen molar-refractivity contribution in [3.05, 3.63) is 52.2 Å². The highest BCUT2D eigenvalue weighted by Crippen LogP contribution is 2.29. The fourth-order valence-electron chi connectivity index (χ4n) is 3.29. The molecule has 0 unspecified atom stereocenters. The van der Waals surface area contributed by atoms with Crippen molar-refractivity contribution in [1.29, 1.82) is 0 Å². The summed E-state index contributed by atoms with van der Waals surface area (Å²) in [6, 6.07) is 12.1. The van der Waals surface area contributed by atoms with Crippen molar-refractivity contribution in [3.63, 3.8) is 0 Å². The van der Waals surface area contributed by atoms with Crippen molar-refractivity contribution in [3.8, 4) is 17.1 Å². The molecule has 29 heavy (non-hydrogen) atoms. The van der Waals surface area contributed by atoms with Crippen LogP contribution >= 0.6 is 11.3 Å². The topological polar surface area (TPSA) is 55.6 Å². The first-order valence-corrected chi connectivity index (χ1v) is 10.3. The second-order valence-corrected chi connectivity index (χ2v) is 9.28. The Morgan fingerprint density at radius 3 is 2.48 bits per heavy atom. The largest absolute Gasteiger partial charge is 0.496 e. The third kappa shape index (κ3) is 3.46. The molecule has 0 saturated heterocycles. The van der Waals surface area contributed by atoms with Gasteiger partial charge in [0.1, 0.15) is 5.75 Å². The van der Waals surface area contributed by atoms with E-state index in [4.69, 9.17) is 9.84 Å². The summed E-state index contributed by atoms with van der Waals surface area (Å²) >= 11 is 1.74. The lowest BCUT2D eigenvalue weighted by molar-refractivity contribution is 0.416. The molecule has 0 aliphatic heterocycles. The quantitative estimate of drug-likeness (QED) is 0.515. The van der Waals surface area contributed by atoms with E-state index < -0.39 is 0 Å². The van der Waals surface area contributed by atoms with Crippen LogP contribution in [0.25, 0.3) is 23.1 Å². The molecule has 0 aliphatic rings. The molecule has 3 heterocycles. The molecule has 150 valence electrons. The van der Waals surface area contributed by atoms with E-state index in [0.29, 0.717) is 5.82 Å². The Morgan fingerprint density at radius 2 is 1.83 bits per heavy atom. The first-order chi connectivity index (χ1) is 13.8. The Balaban J connectivity index is 1.97. The lowest BCUT2D eigenvalue weighted by Gasteiger charge is -2.14. The van der Waals surface area contributed by atoms with E-state index in [1.807, 2.05) is 28.8 Å². The Kier molecular flexibility index (Phi) is 4.78. The molecule has 0 fully saturated rings. The molecule has 0 radical (unpaired) electrons. The van der Waals surface area contributed by atoms with Gasteiger partial charge in [-0.3, -0.25) is 0 Å². The second-order valence-electron chi connectivity index (χ2n) is 8.19. The summed E-state index contributed by atoms with van der Waals surface area (Å²) in [5.41, 5.74) is 2.50. The minimum absolute atomic E-state index is 0.133. The smallest absolute Gasteiger partial charge is 0.189 e. The summed E-state index contributed by atoms with van der Waals surface area (Å²) in [4.78, 5) is 3.28. The van der Waals surface area contributed by atoms with Crippen LogP contribution in [0, 0.1) is 0 Å². The number of aromatic nitrogens is 4. The predicted octanol–water partition coefficient (Wildman–Crippen LogP) is 3.77. The molecule has 4 rings (SSSR count). The highest BCUT2D eigenvalue weighted by atomic mass is 32.1. The van der Waals surface area contributed by atoms with Gasteiger partial charge in [0.15, 0.2) is 11.5 Å². The van der Waals surface area contributed by atoms with Crippen molar-refractivity contribution in [2.45, 2.75) is 26.2 Å². The first-order valence-electron chi connectivity index (χ1n) is 9.47. The Hall–Kier alpha value is -2.93. The zero-order valence-electron chi connectivity index (χ0n) is 17.6. The van der Waals surface area contributed by atoms with Gasteiger partial charge in [-0.25, -0.2) is 0 Å². The van der Waals surface area contributed by atoms with Crippen molar-refractivity contribution in [2.75, 3.05) is 26.1 Å². The number of rotatable bonds is 4. The van der Waals surface area contributed by atoms with Crippen LogP contribution in [0.3, 0.4) is 0 Å². The number of fused-ring (bicyclic) bond motifs is 1. The van der Waals surface area contributed by atoms with Crippen LogP contribution < -0.4 is 14.9 Å². The fourth-order valence-corrected chi connectivity index (χ4v) is 4.16. The van der Waals surface area contributed by atoms with E-state index in [9.17, 15) is 0 Å². The van der Waals surface area contributed by atoms with Crippen molar-refractivity contribution in [1.82, 2.24) is 19.8 Å². The summed E-state index contributed by atoms with van der Waals surface area (Å²) in [7, 11) is 5.77. The van der Waals surface area contributed by atoms with Gasteiger partial charge in [0.25, 0.3) is 0 Å². The van der Waals surface area contributed by atoms with Gasteiger partial charge in [-0.1, -0.05) is 32.9 Å². The maximum absolute atomic E-state index is 5.52. The van der Waals surface area contributed by atoms with E-state index in [2.05, 4.69) is 68.2 Å². The molecule has 0 N–H and O–H groups in total. The number of anilines is 1. The number of thiophene rings is 1. The lowest BCUT2D eigenvalue weighted by atomic mass is 9.91. The molecule has 4 aromatic rings. The van der Waals surface area contributed by atoms with Crippen LogP contribution in [0.1, 0.15) is 31.3 Å². The minimum Gasteiger partial charge on any atom is -0.496 e. The molecule has 0 atom stereocenters. The molecule has 0 spiro atoms. The zero-order valence-corrected chi connectivity index (χ0v) is 18.4. The number of hydrogen-bond donors (Lipinski definition) is 0. The van der Waals surface area contributed by atoms with Crippen LogP contribution in [0.15, 0.2) is 36.4 Å². The third-order valence-electron chi connectivity index (χ3n) is 4.73. The van der Waals surface area contributed by atoms with Crippen molar-refractivity contribution < 1.29 is 4.74 Å². The van der Waals surface area contributed by atoms with Gasteiger partial charge in [-0.15, -0.1) is 21.5 Å².